The first kappa shape index (κ1) is 11.6. The number of carbonyl (C=O) groups is 1. The molecule has 0 aromatic carbocycles. The van der Waals surface area contributed by atoms with Gasteiger partial charge in [-0.25, -0.2) is 5.06 Å². The maximum atomic E-state index is 11.7. The first-order valence-corrected chi connectivity index (χ1v) is 6.71. The van der Waals surface area contributed by atoms with Crippen molar-refractivity contribution in [1.82, 2.24) is 15.3 Å². The first-order chi connectivity index (χ1) is 7.75. The monoisotopic (exact) mass is 260 g/mol. The van der Waals surface area contributed by atoms with E-state index in [0.717, 1.165) is 12.8 Å². The smallest absolute Gasteiger partial charge is 0.256 e. The third kappa shape index (κ3) is 3.06. The van der Waals surface area contributed by atoms with Gasteiger partial charge in [-0.2, -0.15) is 0 Å². The van der Waals surface area contributed by atoms with Crippen LogP contribution in [0.2, 0.25) is 0 Å². The van der Waals surface area contributed by atoms with Gasteiger partial charge in [-0.15, -0.1) is 10.2 Å². The van der Waals surface area contributed by atoms with Crippen LogP contribution >= 0.6 is 23.1 Å². The Morgan fingerprint density at radius 3 is 3.06 bits per heavy atom. The summed E-state index contributed by atoms with van der Waals surface area (Å²) >= 11 is 2.62. The number of amides is 1. The molecule has 6 nitrogen and oxygen atoms in total. The van der Waals surface area contributed by atoms with Gasteiger partial charge in [-0.05, 0) is 12.8 Å². The van der Waals surface area contributed by atoms with Gasteiger partial charge in [0.25, 0.3) is 5.91 Å². The van der Waals surface area contributed by atoms with Crippen LogP contribution in [0.25, 0.3) is 0 Å². The van der Waals surface area contributed by atoms with Crippen LogP contribution in [0, 0.1) is 0 Å². The average molecular weight is 260 g/mol. The zero-order valence-corrected chi connectivity index (χ0v) is 10.2. The van der Waals surface area contributed by atoms with Gasteiger partial charge in [0, 0.05) is 6.54 Å². The van der Waals surface area contributed by atoms with Gasteiger partial charge in [0.05, 0.1) is 12.4 Å². The normalized spacial score (nSPS) is 16.4. The lowest BCUT2D eigenvalue weighted by Gasteiger charge is -2.25. The van der Waals surface area contributed by atoms with E-state index in [1.165, 1.54) is 28.2 Å². The number of aromatic nitrogens is 2. The fraction of sp³-hybridized carbons (Fsp3) is 0.625. The highest BCUT2D eigenvalue weighted by atomic mass is 32.2. The van der Waals surface area contributed by atoms with Gasteiger partial charge in [0.2, 0.25) is 5.13 Å². The van der Waals surface area contributed by atoms with Gasteiger partial charge < -0.3 is 5.73 Å². The van der Waals surface area contributed by atoms with E-state index in [-0.39, 0.29) is 5.91 Å². The molecule has 1 aromatic heterocycles. The molecule has 2 rings (SSSR count). The van der Waals surface area contributed by atoms with Gasteiger partial charge in [0.1, 0.15) is 0 Å². The van der Waals surface area contributed by atoms with Crippen molar-refractivity contribution in [3.63, 3.8) is 0 Å². The summed E-state index contributed by atoms with van der Waals surface area (Å²) < 4.78 is 0.711. The van der Waals surface area contributed by atoms with Gasteiger partial charge in [-0.3, -0.25) is 9.63 Å². The first-order valence-electron chi connectivity index (χ1n) is 4.91. The molecule has 0 radical (unpaired) electrons. The van der Waals surface area contributed by atoms with Crippen LogP contribution < -0.4 is 5.73 Å². The molecule has 1 saturated heterocycles. The van der Waals surface area contributed by atoms with Crippen LogP contribution in [0.3, 0.4) is 0 Å². The van der Waals surface area contributed by atoms with Crippen LogP contribution in [-0.2, 0) is 9.63 Å². The number of hydrogen-bond acceptors (Lipinski definition) is 7. The maximum absolute atomic E-state index is 11.7. The summed E-state index contributed by atoms with van der Waals surface area (Å²) in [7, 11) is 0. The van der Waals surface area contributed by atoms with Crippen molar-refractivity contribution in [2.45, 2.75) is 17.2 Å². The molecule has 0 spiro atoms. The number of nitrogens with two attached hydrogens (primary N) is 1. The highest BCUT2D eigenvalue weighted by molar-refractivity contribution is 8.01. The molecule has 1 aliphatic rings. The van der Waals surface area contributed by atoms with Crippen molar-refractivity contribution < 1.29 is 9.63 Å². The summed E-state index contributed by atoms with van der Waals surface area (Å²) in [6, 6.07) is 0. The molecule has 0 saturated carbocycles. The van der Waals surface area contributed by atoms with Crippen molar-refractivity contribution in [1.29, 1.82) is 0 Å². The second kappa shape index (κ2) is 5.46. The minimum Gasteiger partial charge on any atom is -0.374 e. The standard InChI is InChI=1S/C8H12N4O2S2/c9-7-10-11-8(16-7)15-5-6(13)12-3-1-2-4-14-12/h1-5H2,(H2,9,10). The Bertz CT molecular complexity index is 365. The average Bonchev–Trinajstić information content (AvgIpc) is 2.73. The summed E-state index contributed by atoms with van der Waals surface area (Å²) in [6.07, 6.45) is 2.02. The molecule has 0 atom stereocenters. The van der Waals surface area contributed by atoms with Crippen molar-refractivity contribution in [3.05, 3.63) is 0 Å². The molecule has 16 heavy (non-hydrogen) atoms. The molecule has 1 aliphatic heterocycles. The lowest BCUT2D eigenvalue weighted by atomic mass is 10.3. The number of hydrogen-bond donors (Lipinski definition) is 1. The van der Waals surface area contributed by atoms with E-state index in [2.05, 4.69) is 10.2 Å². The molecule has 0 aliphatic carbocycles. The van der Waals surface area contributed by atoms with E-state index in [0.29, 0.717) is 28.4 Å². The molecule has 88 valence electrons. The van der Waals surface area contributed by atoms with Crippen LogP contribution in [-0.4, -0.2) is 40.1 Å². The van der Waals surface area contributed by atoms with E-state index in [1.807, 2.05) is 0 Å². The number of carbonyl (C=O) groups excluding carboxylic acids is 1. The van der Waals surface area contributed by atoms with Crippen LogP contribution in [0.15, 0.2) is 4.34 Å². The lowest BCUT2D eigenvalue weighted by Crippen LogP contribution is -2.36. The Morgan fingerprint density at radius 2 is 2.44 bits per heavy atom. The molecular weight excluding hydrogens is 248 g/mol. The second-order valence-corrected chi connectivity index (χ2v) is 5.46. The number of thioether (sulfide) groups is 1. The number of nitrogen functional groups attached to an aromatic ring is 1. The Morgan fingerprint density at radius 1 is 1.56 bits per heavy atom. The Kier molecular flexibility index (Phi) is 3.97. The second-order valence-electron chi connectivity index (χ2n) is 3.23. The van der Waals surface area contributed by atoms with Gasteiger partial charge in [0.15, 0.2) is 4.34 Å². The maximum Gasteiger partial charge on any atom is 0.256 e. The Labute approximate surface area is 101 Å². The summed E-state index contributed by atoms with van der Waals surface area (Å²) in [6.45, 7) is 1.31. The van der Waals surface area contributed by atoms with E-state index in [4.69, 9.17) is 10.6 Å². The van der Waals surface area contributed by atoms with Crippen molar-refractivity contribution in [3.8, 4) is 0 Å². The predicted octanol–water partition coefficient (Wildman–Crippen LogP) is 0.766. The van der Waals surface area contributed by atoms with E-state index in [9.17, 15) is 4.79 Å². The number of hydroxylamine groups is 2. The highest BCUT2D eigenvalue weighted by Gasteiger charge is 2.18. The zero-order valence-electron chi connectivity index (χ0n) is 8.59. The molecular formula is C8H12N4O2S2. The molecule has 1 aromatic rings. The largest absolute Gasteiger partial charge is 0.374 e. The molecule has 0 bridgehead atoms. The third-order valence-electron chi connectivity index (χ3n) is 2.02. The van der Waals surface area contributed by atoms with Crippen LogP contribution in [0.4, 0.5) is 5.13 Å². The van der Waals surface area contributed by atoms with Gasteiger partial charge in [-0.1, -0.05) is 23.1 Å². The molecule has 1 fully saturated rings. The van der Waals surface area contributed by atoms with Gasteiger partial charge >= 0.3 is 0 Å². The van der Waals surface area contributed by atoms with E-state index >= 15 is 0 Å². The van der Waals surface area contributed by atoms with Crippen molar-refractivity contribution in [2.75, 3.05) is 24.6 Å². The fourth-order valence-corrected chi connectivity index (χ4v) is 2.77. The number of rotatable bonds is 3. The topological polar surface area (TPSA) is 81.3 Å². The van der Waals surface area contributed by atoms with Crippen molar-refractivity contribution in [2.24, 2.45) is 0 Å². The number of anilines is 1. The molecule has 8 heteroatoms. The molecule has 2 N–H and O–H groups in total. The predicted molar refractivity (Wildman–Crippen MR) is 61.9 cm³/mol. The Hall–Kier alpha value is -0.860. The minimum atomic E-state index is -0.0292. The van der Waals surface area contributed by atoms with Crippen LogP contribution in [0.5, 0.6) is 0 Å². The zero-order chi connectivity index (χ0) is 11.4. The SMILES string of the molecule is Nc1nnc(SCC(=O)N2CCCCO2)s1. The fourth-order valence-electron chi connectivity index (χ4n) is 1.27. The summed E-state index contributed by atoms with van der Waals surface area (Å²) in [5, 5.41) is 9.36. The third-order valence-corrected chi connectivity index (χ3v) is 3.89. The summed E-state index contributed by atoms with van der Waals surface area (Å²) in [4.78, 5) is 16.9. The van der Waals surface area contributed by atoms with Crippen molar-refractivity contribution >= 4 is 34.1 Å². The molecule has 2 heterocycles. The summed E-state index contributed by atoms with van der Waals surface area (Å²) in [5.41, 5.74) is 5.44. The quantitative estimate of drug-likeness (QED) is 0.808. The minimum absolute atomic E-state index is 0.0292. The molecule has 1 amide bonds. The lowest BCUT2D eigenvalue weighted by molar-refractivity contribution is -0.194. The van der Waals surface area contributed by atoms with E-state index in [1.54, 1.807) is 0 Å². The highest BCUT2D eigenvalue weighted by Crippen LogP contribution is 2.23. The number of nitrogens with zero attached hydrogens (tertiary/aromatic N) is 3. The Balaban J connectivity index is 1.78. The van der Waals surface area contributed by atoms with Crippen LogP contribution in [0.1, 0.15) is 12.8 Å². The molecule has 0 unspecified atom stereocenters. The summed E-state index contributed by atoms with van der Waals surface area (Å²) in [5.74, 6) is 0.285. The van der Waals surface area contributed by atoms with E-state index < -0.39 is 0 Å².